The highest BCUT2D eigenvalue weighted by Crippen LogP contribution is 2.20. The summed E-state index contributed by atoms with van der Waals surface area (Å²) in [4.78, 5) is 32.5. The Morgan fingerprint density at radius 2 is 2.04 bits per heavy atom. The van der Waals surface area contributed by atoms with Crippen LogP contribution in [-0.2, 0) is 6.54 Å². The molecule has 1 unspecified atom stereocenters. The van der Waals surface area contributed by atoms with E-state index in [4.69, 9.17) is 0 Å². The molecule has 1 saturated heterocycles. The zero-order valence-electron chi connectivity index (χ0n) is 15.8. The number of carbonyl (C=O) groups is 1. The van der Waals surface area contributed by atoms with Crippen molar-refractivity contribution < 1.29 is 9.18 Å². The largest absolute Gasteiger partial charge is 0.336 e. The van der Waals surface area contributed by atoms with Gasteiger partial charge in [-0.1, -0.05) is 18.2 Å². The molecule has 4 rings (SSSR count). The third-order valence-corrected chi connectivity index (χ3v) is 5.43. The van der Waals surface area contributed by atoms with E-state index < -0.39 is 5.56 Å². The van der Waals surface area contributed by atoms with Gasteiger partial charge < -0.3 is 4.90 Å². The maximum absolute atomic E-state index is 14.2. The lowest BCUT2D eigenvalue weighted by Gasteiger charge is -2.33. The van der Waals surface area contributed by atoms with Crippen LogP contribution in [0, 0.1) is 5.82 Å². The standard InChI is InChI=1S/C22H22FN3O2/c1-15-7-4-5-12-25(15)21(27)18-13-16-9-6-11-24-20(16)26(22(18)28)14-17-8-2-3-10-19(17)23/h2-3,6,8-11,13,15H,4-5,7,12,14H2,1H3. The van der Waals surface area contributed by atoms with Gasteiger partial charge in [-0.05, 0) is 50.5 Å². The van der Waals surface area contributed by atoms with Crippen LogP contribution < -0.4 is 5.56 Å². The molecule has 1 atom stereocenters. The van der Waals surface area contributed by atoms with Gasteiger partial charge in [-0.25, -0.2) is 9.37 Å². The number of piperidine rings is 1. The topological polar surface area (TPSA) is 55.2 Å². The molecule has 28 heavy (non-hydrogen) atoms. The molecule has 1 aliphatic rings. The van der Waals surface area contributed by atoms with Gasteiger partial charge in [0.25, 0.3) is 11.5 Å². The number of carbonyl (C=O) groups excluding carboxylic acids is 1. The second-order valence-corrected chi connectivity index (χ2v) is 7.30. The van der Waals surface area contributed by atoms with E-state index in [0.717, 1.165) is 19.3 Å². The molecule has 1 aromatic carbocycles. The van der Waals surface area contributed by atoms with Crippen LogP contribution in [0.1, 0.15) is 42.1 Å². The minimum Gasteiger partial charge on any atom is -0.336 e. The summed E-state index contributed by atoms with van der Waals surface area (Å²) in [7, 11) is 0. The number of pyridine rings is 2. The summed E-state index contributed by atoms with van der Waals surface area (Å²) in [5.74, 6) is -0.648. The Morgan fingerprint density at radius 3 is 2.82 bits per heavy atom. The fraction of sp³-hybridized carbons (Fsp3) is 0.318. The average molecular weight is 379 g/mol. The lowest BCUT2D eigenvalue weighted by atomic mass is 10.0. The van der Waals surface area contributed by atoms with Crippen LogP contribution in [0.4, 0.5) is 4.39 Å². The molecule has 0 spiro atoms. The Kier molecular flexibility index (Phi) is 4.94. The third kappa shape index (κ3) is 3.30. The van der Waals surface area contributed by atoms with Crippen LogP contribution in [0.15, 0.2) is 53.5 Å². The van der Waals surface area contributed by atoms with Crippen LogP contribution in [0.5, 0.6) is 0 Å². The summed E-state index contributed by atoms with van der Waals surface area (Å²) in [6.45, 7) is 2.69. The number of hydrogen-bond acceptors (Lipinski definition) is 3. The third-order valence-electron chi connectivity index (χ3n) is 5.43. The summed E-state index contributed by atoms with van der Waals surface area (Å²) < 4.78 is 15.6. The Bertz CT molecular complexity index is 1090. The number of halogens is 1. The average Bonchev–Trinajstić information content (AvgIpc) is 2.71. The van der Waals surface area contributed by atoms with Crippen LogP contribution >= 0.6 is 0 Å². The molecule has 0 N–H and O–H groups in total. The number of amides is 1. The lowest BCUT2D eigenvalue weighted by Crippen LogP contribution is -2.44. The van der Waals surface area contributed by atoms with E-state index in [1.807, 2.05) is 13.0 Å². The monoisotopic (exact) mass is 379 g/mol. The molecule has 1 aliphatic heterocycles. The van der Waals surface area contributed by atoms with Gasteiger partial charge in [-0.3, -0.25) is 14.2 Å². The number of rotatable bonds is 3. The molecular formula is C22H22FN3O2. The molecule has 6 heteroatoms. The zero-order valence-corrected chi connectivity index (χ0v) is 15.8. The maximum Gasteiger partial charge on any atom is 0.265 e. The molecule has 1 amide bonds. The molecule has 0 bridgehead atoms. The Labute approximate surface area is 162 Å². The summed E-state index contributed by atoms with van der Waals surface area (Å²) in [5, 5.41) is 0.687. The van der Waals surface area contributed by atoms with E-state index in [0.29, 0.717) is 23.1 Å². The van der Waals surface area contributed by atoms with Crippen molar-refractivity contribution in [2.75, 3.05) is 6.54 Å². The van der Waals surface area contributed by atoms with Gasteiger partial charge in [-0.15, -0.1) is 0 Å². The predicted molar refractivity (Wildman–Crippen MR) is 106 cm³/mol. The normalized spacial score (nSPS) is 17.1. The van der Waals surface area contributed by atoms with E-state index in [-0.39, 0.29) is 29.9 Å². The fourth-order valence-electron chi connectivity index (χ4n) is 3.86. The molecule has 1 fully saturated rings. The number of benzene rings is 1. The van der Waals surface area contributed by atoms with E-state index in [1.165, 1.54) is 10.6 Å². The van der Waals surface area contributed by atoms with Crippen molar-refractivity contribution in [3.63, 3.8) is 0 Å². The Morgan fingerprint density at radius 1 is 1.21 bits per heavy atom. The summed E-state index contributed by atoms with van der Waals surface area (Å²) in [6.07, 6.45) is 4.55. The number of fused-ring (bicyclic) bond motifs is 1. The van der Waals surface area contributed by atoms with E-state index in [9.17, 15) is 14.0 Å². The number of hydrogen-bond donors (Lipinski definition) is 0. The lowest BCUT2D eigenvalue weighted by molar-refractivity contribution is 0.0633. The molecule has 0 radical (unpaired) electrons. The van der Waals surface area contributed by atoms with Gasteiger partial charge in [0.1, 0.15) is 17.0 Å². The van der Waals surface area contributed by atoms with Crippen molar-refractivity contribution in [2.45, 2.75) is 38.8 Å². The van der Waals surface area contributed by atoms with Gasteiger partial charge in [0.05, 0.1) is 6.54 Å². The number of aromatic nitrogens is 2. The highest BCUT2D eigenvalue weighted by atomic mass is 19.1. The highest BCUT2D eigenvalue weighted by Gasteiger charge is 2.27. The van der Waals surface area contributed by atoms with E-state index in [2.05, 4.69) is 4.98 Å². The Balaban J connectivity index is 1.85. The summed E-state index contributed by atoms with van der Waals surface area (Å²) in [6, 6.07) is 11.6. The van der Waals surface area contributed by atoms with Gasteiger partial charge in [0, 0.05) is 29.7 Å². The van der Waals surface area contributed by atoms with Gasteiger partial charge in [0.15, 0.2) is 0 Å². The van der Waals surface area contributed by atoms with E-state index >= 15 is 0 Å². The van der Waals surface area contributed by atoms with Gasteiger partial charge in [0.2, 0.25) is 0 Å². The van der Waals surface area contributed by atoms with Crippen molar-refractivity contribution >= 4 is 16.9 Å². The quantitative estimate of drug-likeness (QED) is 0.699. The summed E-state index contributed by atoms with van der Waals surface area (Å²) >= 11 is 0. The molecular weight excluding hydrogens is 357 g/mol. The molecule has 3 aromatic rings. The summed E-state index contributed by atoms with van der Waals surface area (Å²) in [5.41, 5.74) is 0.509. The number of likely N-dealkylation sites (tertiary alicyclic amines) is 1. The molecule has 5 nitrogen and oxygen atoms in total. The second kappa shape index (κ2) is 7.54. The molecule has 144 valence electrons. The maximum atomic E-state index is 14.2. The van der Waals surface area contributed by atoms with Gasteiger partial charge in [-0.2, -0.15) is 0 Å². The van der Waals surface area contributed by atoms with Crippen molar-refractivity contribution in [3.8, 4) is 0 Å². The number of nitrogens with zero attached hydrogens (tertiary/aromatic N) is 3. The first-order valence-corrected chi connectivity index (χ1v) is 9.59. The first-order chi connectivity index (χ1) is 13.6. The predicted octanol–water partition coefficient (Wildman–Crippen LogP) is 3.60. The van der Waals surface area contributed by atoms with Crippen molar-refractivity contribution in [2.24, 2.45) is 0 Å². The SMILES string of the molecule is CC1CCCCN1C(=O)c1cc2cccnc2n(Cc2ccccc2F)c1=O. The van der Waals surface area contributed by atoms with Crippen molar-refractivity contribution in [3.05, 3.63) is 76.0 Å². The smallest absolute Gasteiger partial charge is 0.265 e. The van der Waals surface area contributed by atoms with Crippen LogP contribution in [0.25, 0.3) is 11.0 Å². The minimum absolute atomic E-state index is 0.0235. The Hall–Kier alpha value is -3.02. The molecule has 0 saturated carbocycles. The van der Waals surface area contributed by atoms with Crippen molar-refractivity contribution in [1.82, 2.24) is 14.5 Å². The fourth-order valence-corrected chi connectivity index (χ4v) is 3.86. The van der Waals surface area contributed by atoms with Gasteiger partial charge >= 0.3 is 0 Å². The molecule has 3 heterocycles. The second-order valence-electron chi connectivity index (χ2n) is 7.30. The van der Waals surface area contributed by atoms with Crippen molar-refractivity contribution in [1.29, 1.82) is 0 Å². The molecule has 2 aromatic heterocycles. The van der Waals surface area contributed by atoms with Crippen LogP contribution in [-0.4, -0.2) is 32.9 Å². The first kappa shape index (κ1) is 18.3. The van der Waals surface area contributed by atoms with Crippen LogP contribution in [0.2, 0.25) is 0 Å². The molecule has 0 aliphatic carbocycles. The van der Waals surface area contributed by atoms with Crippen LogP contribution in [0.3, 0.4) is 0 Å². The zero-order chi connectivity index (χ0) is 19.7. The van der Waals surface area contributed by atoms with E-state index in [1.54, 1.807) is 41.4 Å². The first-order valence-electron chi connectivity index (χ1n) is 9.59. The highest BCUT2D eigenvalue weighted by molar-refractivity contribution is 5.97. The minimum atomic E-state index is -0.433.